The van der Waals surface area contributed by atoms with Crippen molar-refractivity contribution in [1.29, 1.82) is 0 Å². The molecule has 2 rings (SSSR count). The normalized spacial score (nSPS) is 19.3. The second-order valence-corrected chi connectivity index (χ2v) is 5.78. The summed E-state index contributed by atoms with van der Waals surface area (Å²) in [6.45, 7) is 7.93. The summed E-state index contributed by atoms with van der Waals surface area (Å²) in [5.74, 6) is 0.244. The van der Waals surface area contributed by atoms with Crippen LogP contribution in [0.2, 0.25) is 0 Å². The van der Waals surface area contributed by atoms with Crippen LogP contribution < -0.4 is 0 Å². The summed E-state index contributed by atoms with van der Waals surface area (Å²) in [6, 6.07) is 9.54. The summed E-state index contributed by atoms with van der Waals surface area (Å²) in [7, 11) is 0. The van der Waals surface area contributed by atoms with Crippen LogP contribution in [0.3, 0.4) is 0 Å². The summed E-state index contributed by atoms with van der Waals surface area (Å²) < 4.78 is 5.68. The van der Waals surface area contributed by atoms with E-state index in [1.165, 1.54) is 0 Å². The van der Waals surface area contributed by atoms with Gasteiger partial charge >= 0.3 is 0 Å². The number of ketones is 1. The van der Waals surface area contributed by atoms with Crippen molar-refractivity contribution < 1.29 is 9.53 Å². The fourth-order valence-corrected chi connectivity index (χ4v) is 2.54. The number of carbonyl (C=O) groups excluding carboxylic acids is 1. The minimum Gasteiger partial charge on any atom is -0.373 e. The van der Waals surface area contributed by atoms with Gasteiger partial charge in [0, 0.05) is 25.1 Å². The maximum Gasteiger partial charge on any atom is 0.162 e. The predicted molar refractivity (Wildman–Crippen MR) is 76.5 cm³/mol. The number of benzene rings is 1. The van der Waals surface area contributed by atoms with Crippen LogP contribution in [0.15, 0.2) is 30.3 Å². The topological polar surface area (TPSA) is 29.5 Å². The van der Waals surface area contributed by atoms with E-state index in [0.717, 1.165) is 38.2 Å². The zero-order valence-electron chi connectivity index (χ0n) is 11.9. The van der Waals surface area contributed by atoms with E-state index in [4.69, 9.17) is 4.74 Å². The van der Waals surface area contributed by atoms with Crippen LogP contribution in [0.25, 0.3) is 0 Å². The predicted octanol–water partition coefficient (Wildman–Crippen LogP) is 2.76. The highest BCUT2D eigenvalue weighted by Gasteiger charge is 2.26. The van der Waals surface area contributed by atoms with Crippen LogP contribution in [0.1, 0.15) is 37.0 Å². The van der Waals surface area contributed by atoms with Crippen LogP contribution in [-0.4, -0.2) is 42.5 Å². The first-order valence-corrected chi connectivity index (χ1v) is 7.01. The zero-order valence-corrected chi connectivity index (χ0v) is 11.9. The van der Waals surface area contributed by atoms with Crippen molar-refractivity contribution in [3.63, 3.8) is 0 Å². The first kappa shape index (κ1) is 14.2. The molecule has 1 aliphatic rings. The van der Waals surface area contributed by atoms with Crippen LogP contribution >= 0.6 is 0 Å². The fourth-order valence-electron chi connectivity index (χ4n) is 2.54. The van der Waals surface area contributed by atoms with Crippen molar-refractivity contribution in [3.8, 4) is 0 Å². The Morgan fingerprint density at radius 2 is 2.05 bits per heavy atom. The third kappa shape index (κ3) is 4.44. The van der Waals surface area contributed by atoms with E-state index in [2.05, 4.69) is 18.7 Å². The first-order chi connectivity index (χ1) is 9.07. The smallest absolute Gasteiger partial charge is 0.162 e. The van der Waals surface area contributed by atoms with Gasteiger partial charge in [0.2, 0.25) is 0 Å². The summed E-state index contributed by atoms with van der Waals surface area (Å²) in [6.07, 6.45) is 1.55. The second-order valence-electron chi connectivity index (χ2n) is 5.78. The molecule has 1 saturated heterocycles. The van der Waals surface area contributed by atoms with Gasteiger partial charge in [-0.15, -0.1) is 0 Å². The average molecular weight is 261 g/mol. The van der Waals surface area contributed by atoms with E-state index in [0.29, 0.717) is 6.42 Å². The lowest BCUT2D eigenvalue weighted by atomic mass is 10.1. The number of carbonyl (C=O) groups is 1. The summed E-state index contributed by atoms with van der Waals surface area (Å²) in [5.41, 5.74) is 0.770. The molecule has 1 aromatic rings. The van der Waals surface area contributed by atoms with Gasteiger partial charge in [-0.2, -0.15) is 0 Å². The average Bonchev–Trinajstić information content (AvgIpc) is 2.38. The lowest BCUT2D eigenvalue weighted by molar-refractivity contribution is -0.0859. The Hall–Kier alpha value is -1.19. The Labute approximate surface area is 115 Å². The van der Waals surface area contributed by atoms with Gasteiger partial charge in [-0.1, -0.05) is 30.3 Å². The van der Waals surface area contributed by atoms with Crippen LogP contribution in [0, 0.1) is 0 Å². The monoisotopic (exact) mass is 261 g/mol. The molecular formula is C16H23NO2. The maximum absolute atomic E-state index is 12.0. The zero-order chi connectivity index (χ0) is 13.7. The molecule has 0 aliphatic carbocycles. The molecule has 0 N–H and O–H groups in total. The van der Waals surface area contributed by atoms with E-state index < -0.39 is 0 Å². The Morgan fingerprint density at radius 3 is 2.74 bits per heavy atom. The minimum absolute atomic E-state index is 0.0539. The van der Waals surface area contributed by atoms with Gasteiger partial charge in [0.25, 0.3) is 0 Å². The Morgan fingerprint density at radius 1 is 1.32 bits per heavy atom. The van der Waals surface area contributed by atoms with Gasteiger partial charge in [-0.25, -0.2) is 0 Å². The van der Waals surface area contributed by atoms with E-state index in [1.54, 1.807) is 0 Å². The van der Waals surface area contributed by atoms with E-state index >= 15 is 0 Å². The SMILES string of the molecule is CC1(C)CN(CCCC(=O)c2ccccc2)CCO1. The molecule has 0 amide bonds. The van der Waals surface area contributed by atoms with Crippen LogP contribution in [0.5, 0.6) is 0 Å². The minimum atomic E-state index is -0.0539. The number of Topliss-reactive ketones (excluding diaryl/α,β-unsaturated/α-hetero) is 1. The summed E-state index contributed by atoms with van der Waals surface area (Å²) >= 11 is 0. The standard InChI is InChI=1S/C16H23NO2/c1-16(2)13-17(11-12-19-16)10-6-9-15(18)14-7-4-3-5-8-14/h3-5,7-8H,6,9-13H2,1-2H3. The van der Waals surface area contributed by atoms with Gasteiger partial charge in [-0.05, 0) is 26.8 Å². The number of nitrogens with zero attached hydrogens (tertiary/aromatic N) is 1. The third-order valence-electron chi connectivity index (χ3n) is 3.48. The molecule has 0 unspecified atom stereocenters. The highest BCUT2D eigenvalue weighted by Crippen LogP contribution is 2.17. The molecular weight excluding hydrogens is 238 g/mol. The van der Waals surface area contributed by atoms with Gasteiger partial charge in [0.05, 0.1) is 12.2 Å². The van der Waals surface area contributed by atoms with Crippen molar-refractivity contribution in [3.05, 3.63) is 35.9 Å². The number of hydrogen-bond donors (Lipinski definition) is 0. The summed E-state index contributed by atoms with van der Waals surface area (Å²) in [4.78, 5) is 14.4. The molecule has 1 aliphatic heterocycles. The quantitative estimate of drug-likeness (QED) is 0.763. The molecule has 0 saturated carbocycles. The molecule has 1 fully saturated rings. The van der Waals surface area contributed by atoms with Crippen LogP contribution in [0.4, 0.5) is 0 Å². The molecule has 1 aromatic carbocycles. The Bertz CT molecular complexity index is 414. The maximum atomic E-state index is 12.0. The Balaban J connectivity index is 1.73. The van der Waals surface area contributed by atoms with Gasteiger partial charge in [0.1, 0.15) is 0 Å². The van der Waals surface area contributed by atoms with Gasteiger partial charge in [-0.3, -0.25) is 9.69 Å². The van der Waals surface area contributed by atoms with Gasteiger partial charge < -0.3 is 4.74 Å². The third-order valence-corrected chi connectivity index (χ3v) is 3.48. The van der Waals surface area contributed by atoms with E-state index in [1.807, 2.05) is 30.3 Å². The summed E-state index contributed by atoms with van der Waals surface area (Å²) in [5, 5.41) is 0. The van der Waals surface area contributed by atoms with Crippen molar-refractivity contribution in [2.45, 2.75) is 32.3 Å². The first-order valence-electron chi connectivity index (χ1n) is 7.01. The second kappa shape index (κ2) is 6.31. The molecule has 0 radical (unpaired) electrons. The molecule has 0 spiro atoms. The van der Waals surface area contributed by atoms with Crippen molar-refractivity contribution >= 4 is 5.78 Å². The molecule has 0 aromatic heterocycles. The molecule has 19 heavy (non-hydrogen) atoms. The van der Waals surface area contributed by atoms with Crippen molar-refractivity contribution in [2.75, 3.05) is 26.2 Å². The van der Waals surface area contributed by atoms with E-state index in [-0.39, 0.29) is 11.4 Å². The van der Waals surface area contributed by atoms with Gasteiger partial charge in [0.15, 0.2) is 5.78 Å². The fraction of sp³-hybridized carbons (Fsp3) is 0.562. The highest BCUT2D eigenvalue weighted by molar-refractivity contribution is 5.95. The largest absolute Gasteiger partial charge is 0.373 e. The van der Waals surface area contributed by atoms with Crippen molar-refractivity contribution in [1.82, 2.24) is 4.90 Å². The number of hydrogen-bond acceptors (Lipinski definition) is 3. The number of morpholine rings is 1. The molecule has 0 atom stereocenters. The molecule has 3 heteroatoms. The van der Waals surface area contributed by atoms with E-state index in [9.17, 15) is 4.79 Å². The molecule has 0 bridgehead atoms. The number of ether oxygens (including phenoxy) is 1. The van der Waals surface area contributed by atoms with Crippen molar-refractivity contribution in [2.24, 2.45) is 0 Å². The Kier molecular flexibility index (Phi) is 4.72. The highest BCUT2D eigenvalue weighted by atomic mass is 16.5. The lowest BCUT2D eigenvalue weighted by Gasteiger charge is -2.38. The molecule has 1 heterocycles. The lowest BCUT2D eigenvalue weighted by Crippen LogP contribution is -2.48. The van der Waals surface area contributed by atoms with Crippen LogP contribution in [-0.2, 0) is 4.74 Å². The molecule has 104 valence electrons. The number of rotatable bonds is 5. The molecule has 3 nitrogen and oxygen atoms in total.